The number of hydrogen-bond acceptors (Lipinski definition) is 7. The minimum Gasteiger partial charge on any atom is -0.457 e. The van der Waals surface area contributed by atoms with Gasteiger partial charge in [-0.05, 0) is 24.5 Å². The number of phosphoric acid groups is 1. The van der Waals surface area contributed by atoms with E-state index < -0.39 is 38.5 Å². The van der Waals surface area contributed by atoms with Crippen LogP contribution in [0.4, 0.5) is 4.39 Å². The molecule has 1 fully saturated rings. The second-order valence-electron chi connectivity index (χ2n) is 6.54. The van der Waals surface area contributed by atoms with E-state index in [-0.39, 0.29) is 24.0 Å². The van der Waals surface area contributed by atoms with Gasteiger partial charge in [0.15, 0.2) is 6.10 Å². The molecule has 6 unspecified atom stereocenters. The number of alkyl halides is 1. The van der Waals surface area contributed by atoms with Gasteiger partial charge < -0.3 is 14.0 Å². The quantitative estimate of drug-likeness (QED) is 0.545. The van der Waals surface area contributed by atoms with Crippen molar-refractivity contribution < 1.29 is 37.2 Å². The van der Waals surface area contributed by atoms with Crippen molar-refractivity contribution in [3.8, 4) is 5.75 Å². The van der Waals surface area contributed by atoms with Crippen LogP contribution in [0.1, 0.15) is 34.1 Å². The maximum Gasteiger partial charge on any atom is 0.529 e. The molecule has 27 heavy (non-hydrogen) atoms. The van der Waals surface area contributed by atoms with Crippen LogP contribution in [0.5, 0.6) is 5.75 Å². The van der Waals surface area contributed by atoms with Crippen LogP contribution in [0.25, 0.3) is 0 Å². The lowest BCUT2D eigenvalue weighted by Gasteiger charge is -2.44. The van der Waals surface area contributed by atoms with Crippen LogP contribution in [0.3, 0.4) is 0 Å². The lowest BCUT2D eigenvalue weighted by atomic mass is 9.81. The van der Waals surface area contributed by atoms with E-state index in [0.717, 1.165) is 0 Å². The Kier molecular flexibility index (Phi) is 7.33. The highest BCUT2D eigenvalue weighted by atomic mass is 31.2. The summed E-state index contributed by atoms with van der Waals surface area (Å²) in [6.07, 6.45) is -1.71. The molecular formula is C17H25FNO7P. The molecule has 0 bridgehead atoms. The van der Waals surface area contributed by atoms with E-state index in [0.29, 0.717) is 0 Å². The van der Waals surface area contributed by atoms with Crippen LogP contribution in [-0.4, -0.2) is 40.5 Å². The lowest BCUT2D eigenvalue weighted by Crippen LogP contribution is -2.54. The molecule has 152 valence electrons. The van der Waals surface area contributed by atoms with Gasteiger partial charge in [0.1, 0.15) is 11.9 Å². The molecule has 10 heteroatoms. The molecule has 1 aromatic rings. The molecule has 0 radical (unpaired) electrons. The Hall–Kier alpha value is -1.54. The predicted molar refractivity (Wildman–Crippen MR) is 93.5 cm³/mol. The second kappa shape index (κ2) is 9.10. The van der Waals surface area contributed by atoms with E-state index in [2.05, 4.69) is 4.98 Å². The fraction of sp³-hybridized carbons (Fsp3) is 0.647. The summed E-state index contributed by atoms with van der Waals surface area (Å²) >= 11 is 0. The molecular weight excluding hydrogens is 380 g/mol. The van der Waals surface area contributed by atoms with Crippen LogP contribution in [0, 0.1) is 11.8 Å². The number of phosphoric ester groups is 1. The Morgan fingerprint density at radius 1 is 1.44 bits per heavy atom. The summed E-state index contributed by atoms with van der Waals surface area (Å²) in [6.45, 7) is 6.39. The number of pyridine rings is 1. The molecule has 1 aromatic heterocycles. The maximum atomic E-state index is 14.3. The van der Waals surface area contributed by atoms with Gasteiger partial charge in [-0.3, -0.25) is 14.7 Å². The Morgan fingerprint density at radius 3 is 2.70 bits per heavy atom. The summed E-state index contributed by atoms with van der Waals surface area (Å²) in [4.78, 5) is 25.3. The third-order valence-electron chi connectivity index (χ3n) is 4.57. The number of carbonyl (C=O) groups is 1. The fourth-order valence-electron chi connectivity index (χ4n) is 2.98. The minimum atomic E-state index is -4.65. The van der Waals surface area contributed by atoms with Crippen molar-refractivity contribution in [1.29, 1.82) is 0 Å². The average Bonchev–Trinajstić information content (AvgIpc) is 2.60. The monoisotopic (exact) mass is 405 g/mol. The lowest BCUT2D eigenvalue weighted by molar-refractivity contribution is -0.260. The first kappa shape index (κ1) is 21.8. The molecule has 1 saturated heterocycles. The SMILES string of the molecule is CC[C@H](F)C1OC(OP(=O)(O)Oc2cccnc2)C(OC(C)=O)C(C)C1C. The van der Waals surface area contributed by atoms with Gasteiger partial charge in [-0.1, -0.05) is 20.8 Å². The zero-order chi connectivity index (χ0) is 20.2. The van der Waals surface area contributed by atoms with Crippen LogP contribution < -0.4 is 4.52 Å². The van der Waals surface area contributed by atoms with Gasteiger partial charge >= 0.3 is 13.8 Å². The first-order valence-electron chi connectivity index (χ1n) is 8.72. The maximum absolute atomic E-state index is 14.3. The number of aromatic nitrogens is 1. The first-order chi connectivity index (χ1) is 12.6. The summed E-state index contributed by atoms with van der Waals surface area (Å²) in [6, 6.07) is 2.94. The summed E-state index contributed by atoms with van der Waals surface area (Å²) in [5, 5.41) is 0. The number of nitrogens with zero attached hydrogens (tertiary/aromatic N) is 1. The molecule has 1 aliphatic rings. The number of rotatable bonds is 7. The minimum absolute atomic E-state index is 0.0121. The molecule has 2 rings (SSSR count). The van der Waals surface area contributed by atoms with Gasteiger partial charge in [-0.25, -0.2) is 13.5 Å². The summed E-state index contributed by atoms with van der Waals surface area (Å²) in [5.41, 5.74) is 0. The third-order valence-corrected chi connectivity index (χ3v) is 5.48. The Balaban J connectivity index is 2.22. The number of ether oxygens (including phenoxy) is 2. The molecule has 8 nitrogen and oxygen atoms in total. The zero-order valence-electron chi connectivity index (χ0n) is 15.6. The molecule has 2 heterocycles. The molecule has 0 amide bonds. The molecule has 0 spiro atoms. The Bertz CT molecular complexity index is 677. The smallest absolute Gasteiger partial charge is 0.457 e. The van der Waals surface area contributed by atoms with Crippen molar-refractivity contribution in [2.24, 2.45) is 11.8 Å². The van der Waals surface area contributed by atoms with Crippen LogP contribution in [0.2, 0.25) is 0 Å². The van der Waals surface area contributed by atoms with E-state index in [1.165, 1.54) is 31.5 Å². The molecule has 7 atom stereocenters. The van der Waals surface area contributed by atoms with Crippen LogP contribution >= 0.6 is 7.82 Å². The summed E-state index contributed by atoms with van der Waals surface area (Å²) < 4.78 is 47.6. The summed E-state index contributed by atoms with van der Waals surface area (Å²) in [5.74, 6) is -1.27. The van der Waals surface area contributed by atoms with Crippen LogP contribution in [0.15, 0.2) is 24.5 Å². The molecule has 0 saturated carbocycles. The van der Waals surface area contributed by atoms with E-state index in [4.69, 9.17) is 18.5 Å². The highest BCUT2D eigenvalue weighted by Crippen LogP contribution is 2.48. The van der Waals surface area contributed by atoms with Gasteiger partial charge in [-0.15, -0.1) is 0 Å². The second-order valence-corrected chi connectivity index (χ2v) is 7.87. The van der Waals surface area contributed by atoms with Gasteiger partial charge in [0.05, 0.1) is 12.3 Å². The first-order valence-corrected chi connectivity index (χ1v) is 10.2. The van der Waals surface area contributed by atoms with Crippen molar-refractivity contribution in [2.45, 2.75) is 58.8 Å². The average molecular weight is 405 g/mol. The zero-order valence-corrected chi connectivity index (χ0v) is 16.5. The van der Waals surface area contributed by atoms with E-state index in [1.54, 1.807) is 20.8 Å². The van der Waals surface area contributed by atoms with E-state index in [9.17, 15) is 18.6 Å². The van der Waals surface area contributed by atoms with Gasteiger partial charge in [0, 0.05) is 19.0 Å². The van der Waals surface area contributed by atoms with E-state index >= 15 is 0 Å². The Labute approximate surface area is 157 Å². The van der Waals surface area contributed by atoms with Crippen molar-refractivity contribution in [2.75, 3.05) is 0 Å². The topological polar surface area (TPSA) is 104 Å². The summed E-state index contributed by atoms with van der Waals surface area (Å²) in [7, 11) is -4.65. The number of halogens is 1. The van der Waals surface area contributed by atoms with Gasteiger partial charge in [0.25, 0.3) is 0 Å². The van der Waals surface area contributed by atoms with Crippen molar-refractivity contribution >= 4 is 13.8 Å². The fourth-order valence-corrected chi connectivity index (χ4v) is 3.83. The van der Waals surface area contributed by atoms with Crippen LogP contribution in [-0.2, 0) is 23.4 Å². The number of carbonyl (C=O) groups excluding carboxylic acids is 1. The normalized spacial score (nSPS) is 31.6. The highest BCUT2D eigenvalue weighted by molar-refractivity contribution is 7.47. The largest absolute Gasteiger partial charge is 0.529 e. The Morgan fingerprint density at radius 2 is 2.15 bits per heavy atom. The van der Waals surface area contributed by atoms with Gasteiger partial charge in [-0.2, -0.15) is 0 Å². The van der Waals surface area contributed by atoms with E-state index in [1.807, 2.05) is 0 Å². The highest BCUT2D eigenvalue weighted by Gasteiger charge is 2.49. The molecule has 0 aromatic carbocycles. The third kappa shape index (κ3) is 5.72. The number of hydrogen-bond donors (Lipinski definition) is 1. The standard InChI is InChI=1S/C17H25FNO7P/c1-5-14(18)15-10(2)11(3)16(23-12(4)20)17(24-15)26-27(21,22)25-13-7-6-8-19-9-13/h6-11,14-17H,5H2,1-4H3,(H,21,22)/t10?,11?,14-,15?,16?,17?/m0/s1. The molecule has 1 N–H and O–H groups in total. The predicted octanol–water partition coefficient (Wildman–Crippen LogP) is 3.25. The van der Waals surface area contributed by atoms with Crippen molar-refractivity contribution in [3.63, 3.8) is 0 Å². The molecule has 1 aliphatic heterocycles. The van der Waals surface area contributed by atoms with Crippen molar-refractivity contribution in [3.05, 3.63) is 24.5 Å². The van der Waals surface area contributed by atoms with Crippen molar-refractivity contribution in [1.82, 2.24) is 4.98 Å². The molecule has 0 aliphatic carbocycles. The van der Waals surface area contributed by atoms with Gasteiger partial charge in [0.2, 0.25) is 6.29 Å². The number of esters is 1.